The molecule has 6 aromatic rings. The van der Waals surface area contributed by atoms with E-state index in [1.165, 1.54) is 28.4 Å². The lowest BCUT2D eigenvalue weighted by Crippen LogP contribution is -2.66. The number of thiophene rings is 1. The minimum atomic E-state index is -3.64. The lowest BCUT2D eigenvalue weighted by molar-refractivity contribution is -0.127. The molecular formula is C45H48N4O7SSi. The first kappa shape index (κ1) is 40.9. The molecular weight excluding hydrogens is 769 g/mol. The number of benzene rings is 3. The number of oxazole rings is 1. The van der Waals surface area contributed by atoms with Gasteiger partial charge in [-0.2, -0.15) is 5.26 Å². The molecule has 0 bridgehead atoms. The third kappa shape index (κ3) is 7.47. The first-order valence-electron chi connectivity index (χ1n) is 19.5. The topological polar surface area (TPSA) is 150 Å². The molecule has 1 saturated heterocycles. The summed E-state index contributed by atoms with van der Waals surface area (Å²) < 4.78 is 20.7. The highest BCUT2D eigenvalue weighted by molar-refractivity contribution is 7.22. The molecule has 1 aliphatic rings. The summed E-state index contributed by atoms with van der Waals surface area (Å²) in [5.74, 6) is -0.0725. The van der Waals surface area contributed by atoms with Crippen LogP contribution in [0.3, 0.4) is 0 Å². The molecule has 3 aromatic heterocycles. The van der Waals surface area contributed by atoms with Gasteiger partial charge in [0.15, 0.2) is 5.78 Å². The Labute approximate surface area is 342 Å². The summed E-state index contributed by atoms with van der Waals surface area (Å²) in [7, 11) is -3.64. The van der Waals surface area contributed by atoms with Gasteiger partial charge in [-0.05, 0) is 65.7 Å². The molecule has 1 atom stereocenters. The van der Waals surface area contributed by atoms with Crippen LogP contribution in [0.4, 0.5) is 0 Å². The lowest BCUT2D eigenvalue weighted by Gasteiger charge is -2.42. The Morgan fingerprint density at radius 1 is 1.00 bits per heavy atom. The highest BCUT2D eigenvalue weighted by Crippen LogP contribution is 2.42. The Balaban J connectivity index is 1.39. The van der Waals surface area contributed by atoms with Crippen molar-refractivity contribution in [2.75, 3.05) is 13.2 Å². The molecule has 300 valence electrons. The number of carbonyl (C=O) groups excluding carboxylic acids is 1. The van der Waals surface area contributed by atoms with E-state index in [1.54, 1.807) is 20.8 Å². The van der Waals surface area contributed by atoms with Crippen LogP contribution in [0.15, 0.2) is 111 Å². The average Bonchev–Trinajstić information content (AvgIpc) is 3.88. The monoisotopic (exact) mass is 816 g/mol. The van der Waals surface area contributed by atoms with Crippen LogP contribution in [-0.4, -0.2) is 52.3 Å². The highest BCUT2D eigenvalue weighted by atomic mass is 32.1. The molecule has 1 aliphatic heterocycles. The lowest BCUT2D eigenvalue weighted by atomic mass is 9.91. The fraction of sp³-hybridized carbons (Fsp3) is 0.356. The van der Waals surface area contributed by atoms with Crippen LogP contribution in [0.1, 0.15) is 69.8 Å². The molecule has 1 unspecified atom stereocenters. The summed E-state index contributed by atoms with van der Waals surface area (Å²) in [6.07, 6.45) is 3.44. The van der Waals surface area contributed by atoms with E-state index in [0.717, 1.165) is 26.1 Å². The van der Waals surface area contributed by atoms with Gasteiger partial charge >= 0.3 is 5.69 Å². The van der Waals surface area contributed by atoms with E-state index < -0.39 is 36.2 Å². The predicted molar refractivity (Wildman–Crippen MR) is 227 cm³/mol. The van der Waals surface area contributed by atoms with Gasteiger partial charge in [-0.15, -0.1) is 11.3 Å². The number of aromatic nitrogens is 3. The number of ether oxygens (including phenoxy) is 2. The van der Waals surface area contributed by atoms with Gasteiger partial charge in [0.1, 0.15) is 22.7 Å². The SMILES string of the molecule is Cc1c(-c2ncco2)sc2c1c(=O)n(C(C)(C)C(=O)CC(C)(C)[Si](O)(c1ccccc1)c1ccccc1)c(=O)n2CC(OC1CCOCC1)c1ccccc1CC#N. The number of nitriles is 1. The Kier molecular flexibility index (Phi) is 11.7. The van der Waals surface area contributed by atoms with Gasteiger partial charge in [0.2, 0.25) is 5.89 Å². The third-order valence-electron chi connectivity index (χ3n) is 11.6. The molecule has 0 aliphatic carbocycles. The van der Waals surface area contributed by atoms with E-state index in [4.69, 9.17) is 13.9 Å². The largest absolute Gasteiger partial charge is 0.444 e. The number of hydrogen-bond donors (Lipinski definition) is 1. The first-order valence-corrected chi connectivity index (χ1v) is 22.3. The van der Waals surface area contributed by atoms with Crippen LogP contribution in [0.25, 0.3) is 21.0 Å². The summed E-state index contributed by atoms with van der Waals surface area (Å²) in [6.45, 7) is 9.84. The van der Waals surface area contributed by atoms with Crippen LogP contribution in [0, 0.1) is 18.3 Å². The Hall–Kier alpha value is -5.23. The van der Waals surface area contributed by atoms with Gasteiger partial charge in [0.05, 0.1) is 41.6 Å². The van der Waals surface area contributed by atoms with Gasteiger partial charge in [0, 0.05) is 19.6 Å². The Morgan fingerprint density at radius 2 is 1.62 bits per heavy atom. The van der Waals surface area contributed by atoms with Crippen molar-refractivity contribution in [1.29, 1.82) is 5.26 Å². The van der Waals surface area contributed by atoms with Crippen molar-refractivity contribution in [1.82, 2.24) is 14.1 Å². The minimum absolute atomic E-state index is 0.00910. The van der Waals surface area contributed by atoms with Gasteiger partial charge in [-0.25, -0.2) is 14.3 Å². The molecule has 1 N–H and O–H groups in total. The van der Waals surface area contributed by atoms with Crippen LogP contribution in [0.2, 0.25) is 5.04 Å². The fourth-order valence-corrected chi connectivity index (χ4v) is 13.1. The average molecular weight is 817 g/mol. The molecule has 0 amide bonds. The van der Waals surface area contributed by atoms with Gasteiger partial charge in [0.25, 0.3) is 13.9 Å². The van der Waals surface area contributed by atoms with E-state index in [0.29, 0.717) is 47.2 Å². The summed E-state index contributed by atoms with van der Waals surface area (Å²) in [5, 5.41) is 10.5. The molecule has 11 nitrogen and oxygen atoms in total. The predicted octanol–water partition coefficient (Wildman–Crippen LogP) is 6.42. The van der Waals surface area contributed by atoms with E-state index in [9.17, 15) is 19.6 Å². The van der Waals surface area contributed by atoms with Crippen molar-refractivity contribution in [3.63, 3.8) is 0 Å². The third-order valence-corrected chi connectivity index (χ3v) is 17.4. The second-order valence-corrected chi connectivity index (χ2v) is 21.0. The number of fused-ring (bicyclic) bond motifs is 1. The second kappa shape index (κ2) is 16.6. The van der Waals surface area contributed by atoms with Crippen LogP contribution in [0.5, 0.6) is 0 Å². The molecule has 4 heterocycles. The number of hydrogen-bond acceptors (Lipinski definition) is 10. The Bertz CT molecular complexity index is 2530. The van der Waals surface area contributed by atoms with Crippen LogP contribution < -0.4 is 21.6 Å². The zero-order valence-corrected chi connectivity index (χ0v) is 35.3. The number of rotatable bonds is 14. The summed E-state index contributed by atoms with van der Waals surface area (Å²) >= 11 is 1.22. The summed E-state index contributed by atoms with van der Waals surface area (Å²) in [5.41, 5.74) is -0.834. The summed E-state index contributed by atoms with van der Waals surface area (Å²) in [6, 6.07) is 28.7. The quantitative estimate of drug-likeness (QED) is 0.123. The minimum Gasteiger partial charge on any atom is -0.444 e. The zero-order chi connectivity index (χ0) is 41.2. The summed E-state index contributed by atoms with van der Waals surface area (Å²) in [4.78, 5) is 63.3. The zero-order valence-electron chi connectivity index (χ0n) is 33.4. The number of Topliss-reactive ketones (excluding diaryl/α,β-unsaturated/α-hetero) is 1. The molecule has 0 radical (unpaired) electrons. The maximum atomic E-state index is 15.2. The molecule has 7 rings (SSSR count). The van der Waals surface area contributed by atoms with E-state index >= 15 is 4.79 Å². The van der Waals surface area contributed by atoms with Crippen molar-refractivity contribution in [3.8, 4) is 16.8 Å². The van der Waals surface area contributed by atoms with E-state index in [-0.39, 0.29) is 36.7 Å². The molecule has 3 aromatic carbocycles. The van der Waals surface area contributed by atoms with E-state index in [2.05, 4.69) is 11.1 Å². The number of carbonyl (C=O) groups is 1. The first-order chi connectivity index (χ1) is 27.8. The van der Waals surface area contributed by atoms with E-state index in [1.807, 2.05) is 98.8 Å². The fourth-order valence-electron chi connectivity index (χ4n) is 8.24. The van der Waals surface area contributed by atoms with Gasteiger partial charge in [-0.3, -0.25) is 14.2 Å². The normalized spacial score (nSPS) is 14.7. The number of nitrogens with zero attached hydrogens (tertiary/aromatic N) is 4. The standard InChI is InChI=1S/C45H48N4O7SSi/c1-30-38-41(51)49(45(4,5)37(50)28-44(2,3)58(53,33-15-8-6-9-16-33)34-17-10-7-11-18-34)43(52)48(42(38)57-39(30)40-47-24-27-55-40)29-36(56-32-21-25-54-26-22-32)35-19-13-12-14-31(35)20-23-46/h6-19,24,27,32,36,53H,20-22,25-26,28-29H2,1-5H3. The molecule has 0 saturated carbocycles. The van der Waals surface area contributed by atoms with Crippen LogP contribution in [-0.2, 0) is 32.8 Å². The van der Waals surface area contributed by atoms with Crippen molar-refractivity contribution in [2.24, 2.45) is 0 Å². The van der Waals surface area contributed by atoms with Crippen molar-refractivity contribution < 1.29 is 23.5 Å². The van der Waals surface area contributed by atoms with Gasteiger partial charge in [-0.1, -0.05) is 98.8 Å². The number of aryl methyl sites for hydroxylation is 1. The number of ketones is 1. The van der Waals surface area contributed by atoms with Crippen LogP contribution >= 0.6 is 11.3 Å². The highest BCUT2D eigenvalue weighted by Gasteiger charge is 2.52. The molecule has 1 fully saturated rings. The van der Waals surface area contributed by atoms with Crippen molar-refractivity contribution >= 4 is 46.0 Å². The van der Waals surface area contributed by atoms with Gasteiger partial charge < -0.3 is 18.7 Å². The molecule has 13 heteroatoms. The molecule has 0 spiro atoms. The molecule has 58 heavy (non-hydrogen) atoms. The van der Waals surface area contributed by atoms with Crippen molar-refractivity contribution in [3.05, 3.63) is 135 Å². The maximum absolute atomic E-state index is 15.2. The van der Waals surface area contributed by atoms with Crippen molar-refractivity contribution in [2.45, 2.75) is 89.6 Å². The smallest absolute Gasteiger partial charge is 0.333 e. The maximum Gasteiger partial charge on any atom is 0.333 e. The second-order valence-electron chi connectivity index (χ2n) is 16.1. The Morgan fingerprint density at radius 3 is 2.22 bits per heavy atom.